The second-order valence-electron chi connectivity index (χ2n) is 8.61. The molecule has 2 aromatic carbocycles. The van der Waals surface area contributed by atoms with E-state index in [1.807, 2.05) is 42.1 Å². The first-order chi connectivity index (χ1) is 16.7. The maximum absolute atomic E-state index is 12.8. The van der Waals surface area contributed by atoms with E-state index >= 15 is 0 Å². The SMILES string of the molecule is CN(C)CC=CC(=O)N1CCN(c2ncnc3cc(Cl)c(-c4ccc(Cl)cc4)cc23)CC1C(N)=O. The van der Waals surface area contributed by atoms with Crippen molar-refractivity contribution in [3.63, 3.8) is 0 Å². The van der Waals surface area contributed by atoms with Gasteiger partial charge in [-0.05, 0) is 43.9 Å². The molecule has 1 saturated heterocycles. The molecule has 182 valence electrons. The lowest BCUT2D eigenvalue weighted by Gasteiger charge is -2.40. The number of nitrogens with two attached hydrogens (primary N) is 1. The van der Waals surface area contributed by atoms with E-state index in [1.54, 1.807) is 24.3 Å². The monoisotopic (exact) mass is 512 g/mol. The number of amides is 2. The molecule has 1 aromatic heterocycles. The van der Waals surface area contributed by atoms with E-state index < -0.39 is 11.9 Å². The minimum atomic E-state index is -0.784. The summed E-state index contributed by atoms with van der Waals surface area (Å²) in [5, 5.41) is 1.98. The van der Waals surface area contributed by atoms with Gasteiger partial charge < -0.3 is 20.4 Å². The van der Waals surface area contributed by atoms with Gasteiger partial charge in [0, 0.05) is 48.2 Å². The Balaban J connectivity index is 1.66. The van der Waals surface area contributed by atoms with Crippen molar-refractivity contribution in [1.29, 1.82) is 0 Å². The normalized spacial score (nSPS) is 16.4. The van der Waals surface area contributed by atoms with Gasteiger partial charge in [0.25, 0.3) is 0 Å². The van der Waals surface area contributed by atoms with Gasteiger partial charge in [-0.2, -0.15) is 0 Å². The molecule has 8 nitrogen and oxygen atoms in total. The van der Waals surface area contributed by atoms with E-state index in [9.17, 15) is 9.59 Å². The molecule has 35 heavy (non-hydrogen) atoms. The number of aromatic nitrogens is 2. The van der Waals surface area contributed by atoms with Crippen molar-refractivity contribution in [2.75, 3.05) is 45.2 Å². The van der Waals surface area contributed by atoms with Crippen molar-refractivity contribution in [2.45, 2.75) is 6.04 Å². The highest BCUT2D eigenvalue weighted by Crippen LogP contribution is 2.35. The number of carbonyl (C=O) groups is 2. The molecule has 1 fully saturated rings. The molecule has 0 radical (unpaired) electrons. The van der Waals surface area contributed by atoms with Crippen LogP contribution in [0.3, 0.4) is 0 Å². The van der Waals surface area contributed by atoms with Gasteiger partial charge in [0.15, 0.2) is 0 Å². The fourth-order valence-electron chi connectivity index (χ4n) is 4.11. The molecule has 1 unspecified atom stereocenters. The molecule has 1 atom stereocenters. The van der Waals surface area contributed by atoms with Crippen LogP contribution in [0.2, 0.25) is 10.0 Å². The van der Waals surface area contributed by atoms with Gasteiger partial charge in [-0.1, -0.05) is 41.4 Å². The number of nitrogens with zero attached hydrogens (tertiary/aromatic N) is 5. The summed E-state index contributed by atoms with van der Waals surface area (Å²) >= 11 is 12.6. The zero-order valence-corrected chi connectivity index (χ0v) is 21.0. The molecule has 2 amide bonds. The predicted octanol–water partition coefficient (Wildman–Crippen LogP) is 3.22. The lowest BCUT2D eigenvalue weighted by Crippen LogP contribution is -2.60. The average Bonchev–Trinajstić information content (AvgIpc) is 2.83. The van der Waals surface area contributed by atoms with E-state index in [-0.39, 0.29) is 12.5 Å². The van der Waals surface area contributed by atoms with Gasteiger partial charge in [0.2, 0.25) is 11.8 Å². The maximum atomic E-state index is 12.8. The maximum Gasteiger partial charge on any atom is 0.247 e. The summed E-state index contributed by atoms with van der Waals surface area (Å²) in [4.78, 5) is 39.4. The van der Waals surface area contributed by atoms with Crippen LogP contribution in [0.15, 0.2) is 54.9 Å². The standard InChI is InChI=1S/C25H26Cl2N6O2/c1-31(2)9-3-4-23(34)33-11-10-32(14-22(33)24(28)35)25-19-12-18(16-5-7-17(26)8-6-16)20(27)13-21(19)29-15-30-25/h3-8,12-13,15,22H,9-11,14H2,1-2H3,(H2,28,35). The molecule has 0 bridgehead atoms. The lowest BCUT2D eigenvalue weighted by molar-refractivity contribution is -0.136. The molecule has 1 aliphatic rings. The third-order valence-electron chi connectivity index (χ3n) is 5.88. The molecule has 0 saturated carbocycles. The zero-order chi connectivity index (χ0) is 25.1. The molecule has 3 aromatic rings. The Bertz CT molecular complexity index is 1280. The number of piperazine rings is 1. The average molecular weight is 513 g/mol. The van der Waals surface area contributed by atoms with E-state index in [4.69, 9.17) is 28.9 Å². The molecule has 10 heteroatoms. The molecular formula is C25H26Cl2N6O2. The van der Waals surface area contributed by atoms with Crippen LogP contribution in [0.5, 0.6) is 0 Å². The first-order valence-electron chi connectivity index (χ1n) is 11.1. The predicted molar refractivity (Wildman–Crippen MR) is 140 cm³/mol. The highest BCUT2D eigenvalue weighted by Gasteiger charge is 2.34. The summed E-state index contributed by atoms with van der Waals surface area (Å²) in [6, 6.07) is 10.4. The molecule has 0 aliphatic carbocycles. The smallest absolute Gasteiger partial charge is 0.247 e. The van der Waals surface area contributed by atoms with Crippen LogP contribution in [0.1, 0.15) is 0 Å². The molecule has 2 heterocycles. The van der Waals surface area contributed by atoms with Crippen molar-refractivity contribution in [1.82, 2.24) is 19.8 Å². The number of rotatable bonds is 6. The van der Waals surface area contributed by atoms with Crippen LogP contribution in [-0.2, 0) is 9.59 Å². The number of primary amides is 1. The van der Waals surface area contributed by atoms with Crippen LogP contribution in [0.25, 0.3) is 22.0 Å². The Morgan fingerprint density at radius 1 is 1.14 bits per heavy atom. The molecule has 0 spiro atoms. The Labute approximate surface area is 213 Å². The van der Waals surface area contributed by atoms with Crippen molar-refractivity contribution in [2.24, 2.45) is 5.73 Å². The van der Waals surface area contributed by atoms with E-state index in [0.29, 0.717) is 41.0 Å². The number of hydrogen-bond donors (Lipinski definition) is 1. The van der Waals surface area contributed by atoms with Crippen molar-refractivity contribution in [3.05, 3.63) is 64.9 Å². The Kier molecular flexibility index (Phi) is 7.54. The second kappa shape index (κ2) is 10.6. The molecular weight excluding hydrogens is 487 g/mol. The third-order valence-corrected chi connectivity index (χ3v) is 6.45. The number of hydrogen-bond acceptors (Lipinski definition) is 6. The zero-order valence-electron chi connectivity index (χ0n) is 19.5. The van der Waals surface area contributed by atoms with Crippen molar-refractivity contribution >= 4 is 51.7 Å². The number of fused-ring (bicyclic) bond motifs is 1. The molecule has 2 N–H and O–H groups in total. The first-order valence-corrected chi connectivity index (χ1v) is 11.9. The Hall–Kier alpha value is -3.20. The van der Waals surface area contributed by atoms with Gasteiger partial charge in [0.05, 0.1) is 10.5 Å². The first kappa shape index (κ1) is 24.9. The van der Waals surface area contributed by atoms with E-state index in [0.717, 1.165) is 16.5 Å². The van der Waals surface area contributed by atoms with Crippen LogP contribution in [0.4, 0.5) is 5.82 Å². The van der Waals surface area contributed by atoms with E-state index in [1.165, 1.54) is 17.3 Å². The Morgan fingerprint density at radius 3 is 2.57 bits per heavy atom. The van der Waals surface area contributed by atoms with Gasteiger partial charge in [-0.3, -0.25) is 9.59 Å². The third kappa shape index (κ3) is 5.56. The van der Waals surface area contributed by atoms with Crippen LogP contribution in [0, 0.1) is 0 Å². The second-order valence-corrected chi connectivity index (χ2v) is 9.46. The van der Waals surface area contributed by atoms with Gasteiger partial charge in [-0.25, -0.2) is 9.97 Å². The number of halogens is 2. The van der Waals surface area contributed by atoms with Crippen LogP contribution in [-0.4, -0.2) is 77.9 Å². The fraction of sp³-hybridized carbons (Fsp3) is 0.280. The summed E-state index contributed by atoms with van der Waals surface area (Å²) in [6.45, 7) is 1.68. The van der Waals surface area contributed by atoms with Crippen LogP contribution >= 0.6 is 23.2 Å². The van der Waals surface area contributed by atoms with Gasteiger partial charge in [-0.15, -0.1) is 0 Å². The Morgan fingerprint density at radius 2 is 1.89 bits per heavy atom. The molecule has 4 rings (SSSR count). The summed E-state index contributed by atoms with van der Waals surface area (Å²) in [6.07, 6.45) is 4.73. The lowest BCUT2D eigenvalue weighted by atomic mass is 10.0. The molecule has 1 aliphatic heterocycles. The quantitative estimate of drug-likeness (QED) is 0.509. The number of benzene rings is 2. The minimum absolute atomic E-state index is 0.230. The number of anilines is 1. The summed E-state index contributed by atoms with van der Waals surface area (Å²) in [5.41, 5.74) is 8.11. The topological polar surface area (TPSA) is 95.7 Å². The van der Waals surface area contributed by atoms with Crippen molar-refractivity contribution < 1.29 is 9.59 Å². The van der Waals surface area contributed by atoms with E-state index in [2.05, 4.69) is 9.97 Å². The number of likely N-dealkylation sites (N-methyl/N-ethyl adjacent to an activating group) is 1. The summed E-state index contributed by atoms with van der Waals surface area (Å²) < 4.78 is 0. The van der Waals surface area contributed by atoms with Crippen molar-refractivity contribution in [3.8, 4) is 11.1 Å². The highest BCUT2D eigenvalue weighted by atomic mass is 35.5. The number of carbonyl (C=O) groups excluding carboxylic acids is 2. The summed E-state index contributed by atoms with van der Waals surface area (Å²) in [7, 11) is 3.83. The van der Waals surface area contributed by atoms with Gasteiger partial charge in [0.1, 0.15) is 18.2 Å². The summed E-state index contributed by atoms with van der Waals surface area (Å²) in [5.74, 6) is -0.143. The minimum Gasteiger partial charge on any atom is -0.368 e. The fourth-order valence-corrected chi connectivity index (χ4v) is 4.50. The van der Waals surface area contributed by atoms with Gasteiger partial charge >= 0.3 is 0 Å². The highest BCUT2D eigenvalue weighted by molar-refractivity contribution is 6.34. The van der Waals surface area contributed by atoms with Crippen LogP contribution < -0.4 is 10.6 Å². The largest absolute Gasteiger partial charge is 0.368 e.